The van der Waals surface area contributed by atoms with Crippen molar-refractivity contribution in [3.05, 3.63) is 35.4 Å². The molecule has 0 aromatic heterocycles. The third kappa shape index (κ3) is 3.52. The second kappa shape index (κ2) is 4.76. The van der Waals surface area contributed by atoms with Crippen molar-refractivity contribution < 1.29 is 22.0 Å². The van der Waals surface area contributed by atoms with Gasteiger partial charge in [-0.1, -0.05) is 31.3 Å². The maximum Gasteiger partial charge on any atom is 0.416 e. The smallest absolute Gasteiger partial charge is 0.216 e. The fourth-order valence-corrected chi connectivity index (χ4v) is 2.96. The van der Waals surface area contributed by atoms with Gasteiger partial charge < -0.3 is 0 Å². The lowest BCUT2D eigenvalue weighted by atomic mass is 10.1. The number of rotatable bonds is 3. The summed E-state index contributed by atoms with van der Waals surface area (Å²) < 4.78 is 63.4. The number of halogens is 5. The van der Waals surface area contributed by atoms with Gasteiger partial charge in [-0.3, -0.25) is 0 Å². The molecule has 0 bridgehead atoms. The molecular formula is C11H13F5Si. The molecule has 0 aliphatic rings. The van der Waals surface area contributed by atoms with Crippen molar-refractivity contribution >= 4 is 8.07 Å². The van der Waals surface area contributed by atoms with Gasteiger partial charge in [-0.2, -0.15) is 13.2 Å². The van der Waals surface area contributed by atoms with Crippen molar-refractivity contribution in [2.45, 2.75) is 31.4 Å². The van der Waals surface area contributed by atoms with Crippen LogP contribution in [-0.2, 0) is 12.2 Å². The van der Waals surface area contributed by atoms with Crippen molar-refractivity contribution in [2.24, 2.45) is 0 Å². The summed E-state index contributed by atoms with van der Waals surface area (Å²) in [5.41, 5.74) is -0.835. The topological polar surface area (TPSA) is 0 Å². The number of hydrogen-bond acceptors (Lipinski definition) is 0. The van der Waals surface area contributed by atoms with Crippen molar-refractivity contribution in [3.8, 4) is 0 Å². The molecule has 0 aliphatic carbocycles. The molecule has 17 heavy (non-hydrogen) atoms. The van der Waals surface area contributed by atoms with Gasteiger partial charge in [0.15, 0.2) is 0 Å². The SMILES string of the molecule is C[Si](C)(Cc1ccccc1C(F)(F)F)C(F)F. The maximum atomic E-state index is 12.7. The summed E-state index contributed by atoms with van der Waals surface area (Å²) in [5.74, 6) is 0. The first-order chi connectivity index (χ1) is 7.64. The van der Waals surface area contributed by atoms with Gasteiger partial charge in [0.25, 0.3) is 0 Å². The van der Waals surface area contributed by atoms with E-state index in [9.17, 15) is 22.0 Å². The molecule has 0 fully saturated rings. The van der Waals surface area contributed by atoms with Crippen molar-refractivity contribution in [2.75, 3.05) is 0 Å². The predicted octanol–water partition coefficient (Wildman–Crippen LogP) is 4.30. The van der Waals surface area contributed by atoms with E-state index in [0.29, 0.717) is 0 Å². The number of benzene rings is 1. The Hall–Kier alpha value is -0.913. The van der Waals surface area contributed by atoms with Gasteiger partial charge in [0.2, 0.25) is 6.05 Å². The summed E-state index contributed by atoms with van der Waals surface area (Å²) >= 11 is 0. The van der Waals surface area contributed by atoms with Crippen LogP contribution in [0.4, 0.5) is 22.0 Å². The zero-order valence-corrected chi connectivity index (χ0v) is 10.5. The summed E-state index contributed by atoms with van der Waals surface area (Å²) in [6, 6.07) is 2.24. The molecule has 0 N–H and O–H groups in total. The molecule has 0 amide bonds. The van der Waals surface area contributed by atoms with E-state index in [4.69, 9.17) is 0 Å². The molecule has 0 heterocycles. The minimum absolute atomic E-state index is 0.0306. The van der Waals surface area contributed by atoms with E-state index in [1.54, 1.807) is 0 Å². The lowest BCUT2D eigenvalue weighted by Crippen LogP contribution is -2.39. The fourth-order valence-electron chi connectivity index (χ4n) is 1.52. The monoisotopic (exact) mass is 268 g/mol. The largest absolute Gasteiger partial charge is 0.416 e. The fraction of sp³-hybridized carbons (Fsp3) is 0.455. The molecule has 1 rings (SSSR count). The van der Waals surface area contributed by atoms with Gasteiger partial charge in [-0.25, -0.2) is 8.78 Å². The van der Waals surface area contributed by atoms with Crippen molar-refractivity contribution in [3.63, 3.8) is 0 Å². The zero-order valence-electron chi connectivity index (χ0n) is 9.48. The molecule has 0 saturated heterocycles. The summed E-state index contributed by atoms with van der Waals surface area (Å²) in [6.45, 7) is 2.79. The van der Waals surface area contributed by atoms with E-state index in [-0.39, 0.29) is 11.6 Å². The first-order valence-electron chi connectivity index (χ1n) is 5.08. The highest BCUT2D eigenvalue weighted by Gasteiger charge is 2.38. The Morgan fingerprint density at radius 1 is 1.12 bits per heavy atom. The molecule has 0 atom stereocenters. The Bertz CT molecular complexity index is 384. The van der Waals surface area contributed by atoms with Crippen LogP contribution >= 0.6 is 0 Å². The van der Waals surface area contributed by atoms with E-state index in [1.807, 2.05) is 0 Å². The van der Waals surface area contributed by atoms with Crippen LogP contribution in [0.3, 0.4) is 0 Å². The van der Waals surface area contributed by atoms with Crippen LogP contribution in [0, 0.1) is 0 Å². The number of alkyl halides is 5. The normalized spacial score (nSPS) is 13.2. The highest BCUT2D eigenvalue weighted by atomic mass is 28.3. The molecule has 0 nitrogen and oxygen atoms in total. The Balaban J connectivity index is 3.08. The van der Waals surface area contributed by atoms with Crippen LogP contribution in [0.2, 0.25) is 13.1 Å². The summed E-state index contributed by atoms with van der Waals surface area (Å²) in [5, 5.41) is 0. The molecule has 0 spiro atoms. The Labute approximate surface area is 97.5 Å². The van der Waals surface area contributed by atoms with Crippen molar-refractivity contribution in [1.82, 2.24) is 0 Å². The van der Waals surface area contributed by atoms with Gasteiger partial charge in [0, 0.05) is 0 Å². The van der Waals surface area contributed by atoms with Crippen LogP contribution in [-0.4, -0.2) is 14.1 Å². The van der Waals surface area contributed by atoms with Gasteiger partial charge >= 0.3 is 6.18 Å². The Morgan fingerprint density at radius 2 is 1.65 bits per heavy atom. The quantitative estimate of drug-likeness (QED) is 0.566. The molecule has 0 unspecified atom stereocenters. The molecule has 1 aromatic carbocycles. The second-order valence-corrected chi connectivity index (χ2v) is 9.39. The third-order valence-corrected chi connectivity index (χ3v) is 5.03. The molecular weight excluding hydrogens is 255 g/mol. The van der Waals surface area contributed by atoms with E-state index in [1.165, 1.54) is 31.3 Å². The standard InChI is InChI=1S/C11H13F5Si/c1-17(2,10(12)13)7-8-5-3-4-6-9(8)11(14,15)16/h3-6,10H,7H2,1-2H3. The molecule has 1 aromatic rings. The van der Waals surface area contributed by atoms with Crippen molar-refractivity contribution in [1.29, 1.82) is 0 Å². The zero-order chi connectivity index (χ0) is 13.3. The van der Waals surface area contributed by atoms with Crippen LogP contribution in [0.25, 0.3) is 0 Å². The summed E-state index contributed by atoms with van der Waals surface area (Å²) in [7, 11) is -2.97. The molecule has 0 saturated carbocycles. The minimum Gasteiger partial charge on any atom is -0.216 e. The first kappa shape index (κ1) is 14.1. The minimum atomic E-state index is -4.48. The lowest BCUT2D eigenvalue weighted by molar-refractivity contribution is -0.138. The summed E-state index contributed by atoms with van der Waals surface area (Å²) in [6.07, 6.45) is -4.48. The van der Waals surface area contributed by atoms with Gasteiger partial charge in [-0.05, 0) is 17.7 Å². The highest BCUT2D eigenvalue weighted by molar-refractivity contribution is 6.77. The third-order valence-electron chi connectivity index (χ3n) is 2.56. The van der Waals surface area contributed by atoms with Gasteiger partial charge in [0.05, 0.1) is 5.56 Å². The van der Waals surface area contributed by atoms with E-state index in [0.717, 1.165) is 6.07 Å². The van der Waals surface area contributed by atoms with Crippen LogP contribution in [0.1, 0.15) is 11.1 Å². The van der Waals surface area contributed by atoms with Crippen LogP contribution < -0.4 is 0 Å². The molecule has 6 heteroatoms. The number of hydrogen-bond donors (Lipinski definition) is 0. The van der Waals surface area contributed by atoms with E-state index >= 15 is 0 Å². The Kier molecular flexibility index (Phi) is 3.96. The molecule has 0 aliphatic heterocycles. The average molecular weight is 268 g/mol. The average Bonchev–Trinajstić information content (AvgIpc) is 2.15. The molecule has 0 radical (unpaired) electrons. The Morgan fingerprint density at radius 3 is 2.12 bits per heavy atom. The van der Waals surface area contributed by atoms with Crippen LogP contribution in [0.5, 0.6) is 0 Å². The lowest BCUT2D eigenvalue weighted by Gasteiger charge is -2.23. The highest BCUT2D eigenvalue weighted by Crippen LogP contribution is 2.33. The van der Waals surface area contributed by atoms with Crippen LogP contribution in [0.15, 0.2) is 24.3 Å². The predicted molar refractivity (Wildman–Crippen MR) is 58.6 cm³/mol. The van der Waals surface area contributed by atoms with E-state index in [2.05, 4.69) is 0 Å². The van der Waals surface area contributed by atoms with Gasteiger partial charge in [-0.15, -0.1) is 0 Å². The maximum absolute atomic E-state index is 12.7. The first-order valence-corrected chi connectivity index (χ1v) is 8.36. The second-order valence-electron chi connectivity index (χ2n) is 4.62. The molecule has 96 valence electrons. The summed E-state index contributed by atoms with van der Waals surface area (Å²) in [4.78, 5) is 0. The van der Waals surface area contributed by atoms with Gasteiger partial charge in [0.1, 0.15) is 8.07 Å². The van der Waals surface area contributed by atoms with E-state index < -0.39 is 25.9 Å².